The van der Waals surface area contributed by atoms with E-state index in [1.54, 1.807) is 7.11 Å². The Morgan fingerprint density at radius 2 is 2.22 bits per heavy atom. The van der Waals surface area contributed by atoms with Crippen LogP contribution in [0, 0.1) is 0 Å². The Kier molecular flexibility index (Phi) is 6.89. The number of nitrogens with two attached hydrogens (primary N) is 1. The molecule has 0 fully saturated rings. The molecule has 0 radical (unpaired) electrons. The zero-order valence-electron chi connectivity index (χ0n) is 11.4. The van der Waals surface area contributed by atoms with Crippen LogP contribution in [0.4, 0.5) is 0 Å². The molecule has 0 spiro atoms. The van der Waals surface area contributed by atoms with Gasteiger partial charge in [-0.3, -0.25) is 16.0 Å². The summed E-state index contributed by atoms with van der Waals surface area (Å²) in [5.74, 6) is 5.51. The first-order valence-electron chi connectivity index (χ1n) is 6.24. The second-order valence-electron chi connectivity index (χ2n) is 4.52. The number of methoxy groups -OCH3 is 1. The van der Waals surface area contributed by atoms with Crippen molar-refractivity contribution in [2.45, 2.75) is 32.4 Å². The highest BCUT2D eigenvalue weighted by molar-refractivity contribution is 5.02. The molecule has 0 bridgehead atoms. The van der Waals surface area contributed by atoms with E-state index < -0.39 is 0 Å². The molecule has 0 amide bonds. The summed E-state index contributed by atoms with van der Waals surface area (Å²) in [6, 6.07) is 2.46. The van der Waals surface area contributed by atoms with Gasteiger partial charge in [-0.2, -0.15) is 5.10 Å². The SMILES string of the molecule is COCCOCC(Cc1ccn(C(C)C)n1)NN. The van der Waals surface area contributed by atoms with E-state index in [9.17, 15) is 0 Å². The summed E-state index contributed by atoms with van der Waals surface area (Å²) >= 11 is 0. The van der Waals surface area contributed by atoms with E-state index in [0.717, 1.165) is 12.1 Å². The molecule has 18 heavy (non-hydrogen) atoms. The Hall–Kier alpha value is -0.950. The quantitative estimate of drug-likeness (QED) is 0.382. The largest absolute Gasteiger partial charge is 0.382 e. The highest BCUT2D eigenvalue weighted by Crippen LogP contribution is 2.06. The number of nitrogens with zero attached hydrogens (tertiary/aromatic N) is 2. The third-order valence-electron chi connectivity index (χ3n) is 2.63. The van der Waals surface area contributed by atoms with E-state index in [1.165, 1.54) is 0 Å². The van der Waals surface area contributed by atoms with Crippen LogP contribution in [0.2, 0.25) is 0 Å². The Labute approximate surface area is 108 Å². The van der Waals surface area contributed by atoms with E-state index in [4.69, 9.17) is 15.3 Å². The van der Waals surface area contributed by atoms with E-state index in [0.29, 0.717) is 25.9 Å². The van der Waals surface area contributed by atoms with Crippen molar-refractivity contribution < 1.29 is 9.47 Å². The molecule has 1 aromatic rings. The number of ether oxygens (including phenoxy) is 2. The normalized spacial score (nSPS) is 13.2. The van der Waals surface area contributed by atoms with Crippen molar-refractivity contribution in [3.63, 3.8) is 0 Å². The summed E-state index contributed by atoms with van der Waals surface area (Å²) in [6.45, 7) is 5.93. The smallest absolute Gasteiger partial charge is 0.0701 e. The van der Waals surface area contributed by atoms with Crippen molar-refractivity contribution in [2.75, 3.05) is 26.9 Å². The van der Waals surface area contributed by atoms with Gasteiger partial charge in [0.2, 0.25) is 0 Å². The molecule has 3 N–H and O–H groups in total. The topological polar surface area (TPSA) is 74.3 Å². The molecule has 0 aliphatic rings. The van der Waals surface area contributed by atoms with Gasteiger partial charge in [0, 0.05) is 25.8 Å². The maximum absolute atomic E-state index is 5.51. The maximum Gasteiger partial charge on any atom is 0.0701 e. The molecular weight excluding hydrogens is 232 g/mol. The molecule has 0 saturated heterocycles. The summed E-state index contributed by atoms with van der Waals surface area (Å²) in [4.78, 5) is 0. The Bertz CT molecular complexity index is 328. The number of hydrogen-bond acceptors (Lipinski definition) is 5. The highest BCUT2D eigenvalue weighted by Gasteiger charge is 2.10. The fourth-order valence-electron chi connectivity index (χ4n) is 1.56. The predicted octanol–water partition coefficient (Wildman–Crippen LogP) is 0.501. The van der Waals surface area contributed by atoms with Crippen molar-refractivity contribution in [3.8, 4) is 0 Å². The molecular formula is C12H24N4O2. The van der Waals surface area contributed by atoms with E-state index >= 15 is 0 Å². The van der Waals surface area contributed by atoms with Crippen LogP contribution in [0.15, 0.2) is 12.3 Å². The van der Waals surface area contributed by atoms with Gasteiger partial charge >= 0.3 is 0 Å². The minimum Gasteiger partial charge on any atom is -0.382 e. The maximum atomic E-state index is 5.51. The molecule has 104 valence electrons. The summed E-state index contributed by atoms with van der Waals surface area (Å²) in [7, 11) is 1.65. The minimum absolute atomic E-state index is 0.0670. The van der Waals surface area contributed by atoms with Gasteiger partial charge in [-0.25, -0.2) is 0 Å². The molecule has 0 aliphatic carbocycles. The molecule has 0 aromatic carbocycles. The first kappa shape index (κ1) is 15.1. The van der Waals surface area contributed by atoms with Gasteiger partial charge in [-0.15, -0.1) is 0 Å². The zero-order valence-corrected chi connectivity index (χ0v) is 11.4. The van der Waals surface area contributed by atoms with Crippen LogP contribution in [-0.2, 0) is 15.9 Å². The van der Waals surface area contributed by atoms with Gasteiger partial charge in [0.05, 0.1) is 31.6 Å². The fraction of sp³-hybridized carbons (Fsp3) is 0.750. The van der Waals surface area contributed by atoms with Crippen LogP contribution in [0.3, 0.4) is 0 Å². The predicted molar refractivity (Wildman–Crippen MR) is 70.1 cm³/mol. The second kappa shape index (κ2) is 8.20. The highest BCUT2D eigenvalue weighted by atomic mass is 16.5. The Morgan fingerprint density at radius 3 is 2.78 bits per heavy atom. The lowest BCUT2D eigenvalue weighted by Crippen LogP contribution is -2.40. The van der Waals surface area contributed by atoms with Crippen LogP contribution < -0.4 is 11.3 Å². The van der Waals surface area contributed by atoms with Crippen molar-refractivity contribution in [2.24, 2.45) is 5.84 Å². The molecule has 1 rings (SSSR count). The second-order valence-corrected chi connectivity index (χ2v) is 4.52. The lowest BCUT2D eigenvalue weighted by Gasteiger charge is -2.14. The van der Waals surface area contributed by atoms with Gasteiger partial charge in [0.25, 0.3) is 0 Å². The molecule has 1 heterocycles. The first-order chi connectivity index (χ1) is 8.67. The average molecular weight is 256 g/mol. The number of nitrogens with one attached hydrogen (secondary N) is 1. The number of hydrazine groups is 1. The van der Waals surface area contributed by atoms with Gasteiger partial charge < -0.3 is 9.47 Å². The van der Waals surface area contributed by atoms with Gasteiger partial charge in [-0.05, 0) is 19.9 Å². The molecule has 6 nitrogen and oxygen atoms in total. The fourth-order valence-corrected chi connectivity index (χ4v) is 1.56. The van der Waals surface area contributed by atoms with Gasteiger partial charge in [-0.1, -0.05) is 0 Å². The summed E-state index contributed by atoms with van der Waals surface area (Å²) < 4.78 is 12.3. The van der Waals surface area contributed by atoms with Crippen molar-refractivity contribution in [1.82, 2.24) is 15.2 Å². The lowest BCUT2D eigenvalue weighted by molar-refractivity contribution is 0.0586. The Balaban J connectivity index is 2.36. The van der Waals surface area contributed by atoms with E-state index in [2.05, 4.69) is 24.4 Å². The average Bonchev–Trinajstić information content (AvgIpc) is 2.81. The monoisotopic (exact) mass is 256 g/mol. The van der Waals surface area contributed by atoms with Crippen LogP contribution in [0.5, 0.6) is 0 Å². The van der Waals surface area contributed by atoms with Gasteiger partial charge in [0.1, 0.15) is 0 Å². The standard InChI is InChI=1S/C12H24N4O2/c1-10(2)16-5-4-11(15-16)8-12(14-13)9-18-7-6-17-3/h4-5,10,12,14H,6-9,13H2,1-3H3. The van der Waals surface area contributed by atoms with Crippen molar-refractivity contribution >= 4 is 0 Å². The number of hydrogen-bond donors (Lipinski definition) is 2. The minimum atomic E-state index is 0.0670. The lowest BCUT2D eigenvalue weighted by atomic mass is 10.2. The Morgan fingerprint density at radius 1 is 1.44 bits per heavy atom. The number of aromatic nitrogens is 2. The third-order valence-corrected chi connectivity index (χ3v) is 2.63. The van der Waals surface area contributed by atoms with Crippen molar-refractivity contribution in [3.05, 3.63) is 18.0 Å². The van der Waals surface area contributed by atoms with Gasteiger partial charge in [0.15, 0.2) is 0 Å². The van der Waals surface area contributed by atoms with Crippen LogP contribution >= 0.6 is 0 Å². The van der Waals surface area contributed by atoms with Crippen LogP contribution in [0.1, 0.15) is 25.6 Å². The van der Waals surface area contributed by atoms with E-state index in [-0.39, 0.29) is 6.04 Å². The summed E-state index contributed by atoms with van der Waals surface area (Å²) in [5.41, 5.74) is 3.77. The van der Waals surface area contributed by atoms with Crippen LogP contribution in [0.25, 0.3) is 0 Å². The van der Waals surface area contributed by atoms with Crippen molar-refractivity contribution in [1.29, 1.82) is 0 Å². The third kappa shape index (κ3) is 5.14. The molecule has 6 heteroatoms. The summed E-state index contributed by atoms with van der Waals surface area (Å²) in [6.07, 6.45) is 2.74. The molecule has 0 aliphatic heterocycles. The molecule has 1 unspecified atom stereocenters. The number of rotatable bonds is 9. The molecule has 1 atom stereocenters. The molecule has 0 saturated carbocycles. The summed E-state index contributed by atoms with van der Waals surface area (Å²) in [5, 5.41) is 4.48. The van der Waals surface area contributed by atoms with E-state index in [1.807, 2.05) is 16.9 Å². The first-order valence-corrected chi connectivity index (χ1v) is 6.24. The zero-order chi connectivity index (χ0) is 13.4. The van der Waals surface area contributed by atoms with Crippen LogP contribution in [-0.4, -0.2) is 42.8 Å². The molecule has 1 aromatic heterocycles.